The molecule has 70 valence electrons. The number of carbonyl (C=O) groups excluding carboxylic acids is 1. The van der Waals surface area contributed by atoms with Gasteiger partial charge in [-0.1, -0.05) is 0 Å². The monoisotopic (exact) mass is 252 g/mol. The fourth-order valence-electron chi connectivity index (χ4n) is 1.70. The molecule has 1 N–H and O–H groups in total. The Labute approximate surface area is 87.9 Å². The zero-order valence-electron chi connectivity index (χ0n) is 7.36. The van der Waals surface area contributed by atoms with Gasteiger partial charge in [0.2, 0.25) is 0 Å². The number of amides is 1. The summed E-state index contributed by atoms with van der Waals surface area (Å²) >= 11 is 0.435. The molecular formula is C10H8N2OSe. The topological polar surface area (TPSA) is 32.3 Å². The average molecular weight is 251 g/mol. The van der Waals surface area contributed by atoms with Gasteiger partial charge in [-0.25, -0.2) is 0 Å². The normalized spacial score (nSPS) is 18.4. The van der Waals surface area contributed by atoms with E-state index in [1.807, 2.05) is 24.3 Å². The van der Waals surface area contributed by atoms with Gasteiger partial charge in [-0.2, -0.15) is 0 Å². The first kappa shape index (κ1) is 8.09. The van der Waals surface area contributed by atoms with Gasteiger partial charge in [0.05, 0.1) is 0 Å². The van der Waals surface area contributed by atoms with Crippen molar-refractivity contribution in [3.63, 3.8) is 0 Å². The summed E-state index contributed by atoms with van der Waals surface area (Å²) < 4.78 is 0. The number of rotatable bonds is 0. The molecule has 0 unspecified atom stereocenters. The molecule has 3 nitrogen and oxygen atoms in total. The maximum absolute atomic E-state index is 11.6. The molecule has 3 rings (SSSR count). The van der Waals surface area contributed by atoms with E-state index in [2.05, 4.69) is 15.2 Å². The van der Waals surface area contributed by atoms with Crippen LogP contribution in [-0.2, 0) is 4.79 Å². The summed E-state index contributed by atoms with van der Waals surface area (Å²) in [5.74, 6) is 0.0306. The molecule has 4 heteroatoms. The van der Waals surface area contributed by atoms with Crippen molar-refractivity contribution in [1.82, 2.24) is 0 Å². The summed E-state index contributed by atoms with van der Waals surface area (Å²) in [7, 11) is 0. The average Bonchev–Trinajstić information content (AvgIpc) is 2.67. The molecule has 2 aliphatic rings. The van der Waals surface area contributed by atoms with Gasteiger partial charge in [0.1, 0.15) is 0 Å². The minimum absolute atomic E-state index is 0.0306. The molecule has 0 atom stereocenters. The zero-order chi connectivity index (χ0) is 9.54. The SMILES string of the molecule is O=C1Nc2ccccc2N2C[Se]C=C12. The Morgan fingerprint density at radius 3 is 3.14 bits per heavy atom. The predicted molar refractivity (Wildman–Crippen MR) is 56.3 cm³/mol. The number of hydrogen-bond acceptors (Lipinski definition) is 2. The fourth-order valence-corrected chi connectivity index (χ4v) is 3.58. The second-order valence-electron chi connectivity index (χ2n) is 3.20. The van der Waals surface area contributed by atoms with Crippen LogP contribution in [0.2, 0.25) is 0 Å². The van der Waals surface area contributed by atoms with E-state index in [0.717, 1.165) is 22.5 Å². The van der Waals surface area contributed by atoms with Crippen LogP contribution in [0.5, 0.6) is 0 Å². The molecule has 1 aromatic rings. The first-order valence-corrected chi connectivity index (χ1v) is 6.56. The van der Waals surface area contributed by atoms with E-state index in [-0.39, 0.29) is 5.91 Å². The van der Waals surface area contributed by atoms with Crippen molar-refractivity contribution in [3.05, 3.63) is 34.9 Å². The summed E-state index contributed by atoms with van der Waals surface area (Å²) in [5, 5.41) is 2.89. The Morgan fingerprint density at radius 1 is 1.36 bits per heavy atom. The van der Waals surface area contributed by atoms with Crippen molar-refractivity contribution in [2.45, 2.75) is 0 Å². The number of benzene rings is 1. The van der Waals surface area contributed by atoms with Crippen LogP contribution < -0.4 is 10.2 Å². The van der Waals surface area contributed by atoms with Crippen molar-refractivity contribution >= 4 is 32.2 Å². The van der Waals surface area contributed by atoms with Gasteiger partial charge in [0.15, 0.2) is 0 Å². The summed E-state index contributed by atoms with van der Waals surface area (Å²) in [5.41, 5.74) is 3.85. The van der Waals surface area contributed by atoms with Gasteiger partial charge in [-0.3, -0.25) is 0 Å². The summed E-state index contributed by atoms with van der Waals surface area (Å²) in [6, 6.07) is 7.92. The molecule has 0 saturated carbocycles. The predicted octanol–water partition coefficient (Wildman–Crippen LogP) is 0.962. The van der Waals surface area contributed by atoms with Crippen LogP contribution in [0, 0.1) is 0 Å². The van der Waals surface area contributed by atoms with Crippen LogP contribution in [-0.4, -0.2) is 26.3 Å². The second-order valence-corrected chi connectivity index (χ2v) is 4.93. The zero-order valence-corrected chi connectivity index (χ0v) is 9.07. The molecule has 1 amide bonds. The summed E-state index contributed by atoms with van der Waals surface area (Å²) in [6.45, 7) is 0. The first-order valence-electron chi connectivity index (χ1n) is 4.36. The van der Waals surface area contributed by atoms with Gasteiger partial charge in [0.25, 0.3) is 0 Å². The molecule has 0 fully saturated rings. The van der Waals surface area contributed by atoms with Crippen LogP contribution in [0.25, 0.3) is 0 Å². The Kier molecular flexibility index (Phi) is 1.66. The molecule has 0 spiro atoms. The first-order chi connectivity index (χ1) is 6.86. The van der Waals surface area contributed by atoms with Crippen LogP contribution in [0.15, 0.2) is 34.9 Å². The van der Waals surface area contributed by atoms with E-state index in [4.69, 9.17) is 0 Å². The Morgan fingerprint density at radius 2 is 2.21 bits per heavy atom. The maximum atomic E-state index is 11.6. The standard InChI is InChI=1S/C10H8N2OSe/c13-10-9-5-14-6-12(9)8-4-2-1-3-7(8)11-10/h1-5H,6H2,(H,11,13). The molecule has 0 radical (unpaired) electrons. The number of anilines is 2. The third kappa shape index (κ3) is 1.01. The van der Waals surface area contributed by atoms with Crippen molar-refractivity contribution in [2.75, 3.05) is 15.7 Å². The van der Waals surface area contributed by atoms with E-state index in [1.165, 1.54) is 0 Å². The number of fused-ring (bicyclic) bond motifs is 3. The van der Waals surface area contributed by atoms with Gasteiger partial charge in [-0.15, -0.1) is 0 Å². The Balaban J connectivity index is 2.18. The number of nitrogens with zero attached hydrogens (tertiary/aromatic N) is 1. The number of carbonyl (C=O) groups is 1. The third-order valence-electron chi connectivity index (χ3n) is 2.37. The van der Waals surface area contributed by atoms with E-state index in [9.17, 15) is 4.79 Å². The van der Waals surface area contributed by atoms with E-state index >= 15 is 0 Å². The molecule has 0 saturated heterocycles. The van der Waals surface area contributed by atoms with Crippen LogP contribution in [0.3, 0.4) is 0 Å². The molecule has 14 heavy (non-hydrogen) atoms. The molecule has 2 heterocycles. The van der Waals surface area contributed by atoms with E-state index < -0.39 is 0 Å². The van der Waals surface area contributed by atoms with Crippen LogP contribution in [0.1, 0.15) is 0 Å². The van der Waals surface area contributed by atoms with Crippen molar-refractivity contribution < 1.29 is 4.79 Å². The fraction of sp³-hybridized carbons (Fsp3) is 0.100. The Bertz CT molecular complexity index is 442. The quantitative estimate of drug-likeness (QED) is 0.696. The molecule has 0 aromatic heterocycles. The number of para-hydroxylation sites is 2. The number of nitrogens with one attached hydrogen (secondary N) is 1. The molecular weight excluding hydrogens is 243 g/mol. The summed E-state index contributed by atoms with van der Waals surface area (Å²) in [6.07, 6.45) is 0. The van der Waals surface area contributed by atoms with Gasteiger partial charge < -0.3 is 0 Å². The van der Waals surface area contributed by atoms with Gasteiger partial charge in [0, 0.05) is 0 Å². The van der Waals surface area contributed by atoms with Crippen molar-refractivity contribution in [1.29, 1.82) is 0 Å². The minimum atomic E-state index is 0.0306. The summed E-state index contributed by atoms with van der Waals surface area (Å²) in [4.78, 5) is 15.8. The molecule has 0 bridgehead atoms. The molecule has 0 aliphatic carbocycles. The number of hydrogen-bond donors (Lipinski definition) is 1. The van der Waals surface area contributed by atoms with E-state index in [1.54, 1.807) is 0 Å². The Hall–Kier alpha value is -1.25. The van der Waals surface area contributed by atoms with Gasteiger partial charge >= 0.3 is 87.6 Å². The molecule has 1 aromatic carbocycles. The van der Waals surface area contributed by atoms with Crippen LogP contribution >= 0.6 is 0 Å². The second kappa shape index (κ2) is 2.87. The van der Waals surface area contributed by atoms with Crippen molar-refractivity contribution in [3.8, 4) is 0 Å². The third-order valence-corrected chi connectivity index (χ3v) is 4.04. The van der Waals surface area contributed by atoms with E-state index in [0.29, 0.717) is 15.0 Å². The molecule has 2 aliphatic heterocycles. The van der Waals surface area contributed by atoms with Crippen LogP contribution in [0.4, 0.5) is 11.4 Å². The van der Waals surface area contributed by atoms with Gasteiger partial charge in [-0.05, 0) is 0 Å². The van der Waals surface area contributed by atoms with Crippen molar-refractivity contribution in [2.24, 2.45) is 0 Å².